The first kappa shape index (κ1) is 20.3. The number of aromatic amines is 1. The number of benzene rings is 4. The summed E-state index contributed by atoms with van der Waals surface area (Å²) in [7, 11) is 0. The van der Waals surface area contributed by atoms with Crippen LogP contribution < -0.4 is 5.56 Å². The largest absolute Gasteiger partial charge is 0.320 e. The van der Waals surface area contributed by atoms with E-state index in [9.17, 15) is 4.79 Å². The number of rotatable bonds is 3. The number of pyridine rings is 1. The predicted octanol–water partition coefficient (Wildman–Crippen LogP) is 6.14. The topological polar surface area (TPSA) is 76.5 Å². The molecule has 7 aromatic rings. The van der Waals surface area contributed by atoms with E-state index in [2.05, 4.69) is 4.98 Å². The summed E-state index contributed by atoms with van der Waals surface area (Å²) in [5.74, 6) is 1.66. The fourth-order valence-corrected chi connectivity index (χ4v) is 4.80. The second-order valence-corrected chi connectivity index (χ2v) is 8.59. The van der Waals surface area contributed by atoms with Crippen molar-refractivity contribution in [1.82, 2.24) is 24.5 Å². The lowest BCUT2D eigenvalue weighted by molar-refractivity contribution is 0.954. The van der Waals surface area contributed by atoms with E-state index in [0.717, 1.165) is 38.4 Å². The average molecular weight is 466 g/mol. The Balaban J connectivity index is 1.64. The first-order chi connectivity index (χ1) is 17.8. The van der Waals surface area contributed by atoms with Crippen LogP contribution in [-0.4, -0.2) is 24.5 Å². The van der Waals surface area contributed by atoms with Crippen LogP contribution >= 0.6 is 0 Å². The molecule has 0 saturated heterocycles. The highest BCUT2D eigenvalue weighted by atomic mass is 16.1. The molecule has 0 atom stereocenters. The van der Waals surface area contributed by atoms with Crippen LogP contribution in [0.3, 0.4) is 0 Å². The first-order valence-electron chi connectivity index (χ1n) is 11.7. The lowest BCUT2D eigenvalue weighted by atomic mass is 10.1. The molecule has 3 heterocycles. The van der Waals surface area contributed by atoms with Crippen molar-refractivity contribution < 1.29 is 0 Å². The number of H-pyrrole nitrogens is 1. The number of nitrogens with zero attached hydrogens (tertiary/aromatic N) is 4. The van der Waals surface area contributed by atoms with Gasteiger partial charge in [-0.05, 0) is 12.1 Å². The molecule has 36 heavy (non-hydrogen) atoms. The Bertz CT molecular complexity index is 1900. The smallest absolute Gasteiger partial charge is 0.256 e. The van der Waals surface area contributed by atoms with Crippen molar-refractivity contribution in [3.8, 4) is 28.7 Å². The molecule has 7 rings (SSSR count). The van der Waals surface area contributed by atoms with E-state index >= 15 is 0 Å². The van der Waals surface area contributed by atoms with Gasteiger partial charge in [-0.15, -0.1) is 0 Å². The van der Waals surface area contributed by atoms with Gasteiger partial charge in [-0.3, -0.25) is 9.36 Å². The van der Waals surface area contributed by atoms with Gasteiger partial charge in [-0.2, -0.15) is 9.97 Å². The molecule has 0 aliphatic rings. The van der Waals surface area contributed by atoms with E-state index in [1.54, 1.807) is 0 Å². The molecule has 0 aliphatic carbocycles. The average Bonchev–Trinajstić information content (AvgIpc) is 3.28. The summed E-state index contributed by atoms with van der Waals surface area (Å²) in [6.07, 6.45) is 0. The van der Waals surface area contributed by atoms with Gasteiger partial charge in [0.05, 0.1) is 16.6 Å². The fourth-order valence-electron chi connectivity index (χ4n) is 4.80. The molecule has 0 fully saturated rings. The van der Waals surface area contributed by atoms with Crippen molar-refractivity contribution in [3.05, 3.63) is 120 Å². The molecule has 1 N–H and O–H groups in total. The maximum atomic E-state index is 13.0. The minimum Gasteiger partial charge on any atom is -0.320 e. The second kappa shape index (κ2) is 7.99. The molecule has 0 spiro atoms. The Hall–Kier alpha value is -5.10. The molecule has 4 aromatic carbocycles. The number of hydrogen-bond acceptors (Lipinski definition) is 4. The molecule has 0 aliphatic heterocycles. The predicted molar refractivity (Wildman–Crippen MR) is 143 cm³/mol. The van der Waals surface area contributed by atoms with Crippen LogP contribution in [0.1, 0.15) is 0 Å². The fraction of sp³-hybridized carbons (Fsp3) is 0. The summed E-state index contributed by atoms with van der Waals surface area (Å²) in [4.78, 5) is 30.8. The number of para-hydroxylation sites is 1. The van der Waals surface area contributed by atoms with Crippen LogP contribution in [0.25, 0.3) is 61.4 Å². The van der Waals surface area contributed by atoms with Crippen molar-refractivity contribution in [2.75, 3.05) is 0 Å². The Morgan fingerprint density at radius 3 is 1.72 bits per heavy atom. The van der Waals surface area contributed by atoms with E-state index in [1.807, 2.05) is 114 Å². The van der Waals surface area contributed by atoms with Crippen molar-refractivity contribution in [2.24, 2.45) is 0 Å². The normalized spacial score (nSPS) is 11.4. The van der Waals surface area contributed by atoms with Crippen LogP contribution in [0.4, 0.5) is 0 Å². The van der Waals surface area contributed by atoms with Crippen LogP contribution in [0.5, 0.6) is 0 Å². The first-order valence-corrected chi connectivity index (χ1v) is 11.7. The van der Waals surface area contributed by atoms with Crippen LogP contribution in [0, 0.1) is 0 Å². The van der Waals surface area contributed by atoms with E-state index in [1.165, 1.54) is 0 Å². The van der Waals surface area contributed by atoms with Gasteiger partial charge in [0, 0.05) is 27.3 Å². The van der Waals surface area contributed by atoms with E-state index < -0.39 is 0 Å². The Morgan fingerprint density at radius 2 is 1.08 bits per heavy atom. The van der Waals surface area contributed by atoms with E-state index in [4.69, 9.17) is 15.0 Å². The maximum absolute atomic E-state index is 13.0. The summed E-state index contributed by atoms with van der Waals surface area (Å²) in [6, 6.07) is 35.4. The van der Waals surface area contributed by atoms with E-state index in [0.29, 0.717) is 23.0 Å². The minimum atomic E-state index is -0.119. The summed E-state index contributed by atoms with van der Waals surface area (Å²) in [5.41, 5.74) is 4.21. The van der Waals surface area contributed by atoms with Gasteiger partial charge >= 0.3 is 0 Å². The highest BCUT2D eigenvalue weighted by molar-refractivity contribution is 6.16. The van der Waals surface area contributed by atoms with Crippen molar-refractivity contribution in [2.45, 2.75) is 0 Å². The van der Waals surface area contributed by atoms with Crippen molar-refractivity contribution in [1.29, 1.82) is 0 Å². The van der Waals surface area contributed by atoms with Crippen molar-refractivity contribution >= 4 is 32.7 Å². The Kier molecular flexibility index (Phi) is 4.50. The quantitative estimate of drug-likeness (QED) is 0.340. The number of aromatic nitrogens is 5. The molecule has 0 amide bonds. The van der Waals surface area contributed by atoms with Gasteiger partial charge in [-0.25, -0.2) is 4.98 Å². The minimum absolute atomic E-state index is 0.119. The highest BCUT2D eigenvalue weighted by Gasteiger charge is 2.20. The second-order valence-electron chi connectivity index (χ2n) is 8.59. The molecule has 0 radical (unpaired) electrons. The zero-order chi connectivity index (χ0) is 24.1. The third kappa shape index (κ3) is 3.12. The van der Waals surface area contributed by atoms with Gasteiger partial charge in [0.2, 0.25) is 5.95 Å². The van der Waals surface area contributed by atoms with Crippen LogP contribution in [-0.2, 0) is 0 Å². The molecule has 3 aromatic heterocycles. The lowest BCUT2D eigenvalue weighted by Gasteiger charge is -2.11. The maximum Gasteiger partial charge on any atom is 0.256 e. The van der Waals surface area contributed by atoms with Crippen LogP contribution in [0.15, 0.2) is 114 Å². The standard InChI is InChI=1S/C30H19N5O/c36-29-22-16-8-7-15-21(22)26-25(31-29)23-17-9-10-18-24(23)35(26)30-33-27(19-11-3-1-4-12-19)32-28(34-30)20-13-5-2-6-14-20/h1-18H,(H,31,36). The van der Waals surface area contributed by atoms with Gasteiger partial charge in [0.1, 0.15) is 0 Å². The summed E-state index contributed by atoms with van der Waals surface area (Å²) < 4.78 is 2.03. The summed E-state index contributed by atoms with van der Waals surface area (Å²) in [6.45, 7) is 0. The Labute approximate surface area is 205 Å². The third-order valence-electron chi connectivity index (χ3n) is 6.43. The molecule has 6 heteroatoms. The van der Waals surface area contributed by atoms with Gasteiger partial charge in [0.25, 0.3) is 5.56 Å². The van der Waals surface area contributed by atoms with Gasteiger partial charge < -0.3 is 4.98 Å². The SMILES string of the molecule is O=c1[nH]c2c3ccccc3n(-c3nc(-c4ccccc4)nc(-c4ccccc4)n3)c2c2ccccc12. The number of nitrogens with one attached hydrogen (secondary N) is 1. The lowest BCUT2D eigenvalue weighted by Crippen LogP contribution is -2.09. The molecular weight excluding hydrogens is 446 g/mol. The molecule has 170 valence electrons. The number of hydrogen-bond donors (Lipinski definition) is 1. The molecule has 6 nitrogen and oxygen atoms in total. The zero-order valence-corrected chi connectivity index (χ0v) is 19.1. The van der Waals surface area contributed by atoms with Gasteiger partial charge in [0.15, 0.2) is 11.6 Å². The van der Waals surface area contributed by atoms with E-state index in [-0.39, 0.29) is 5.56 Å². The number of fused-ring (bicyclic) bond motifs is 5. The molecule has 0 bridgehead atoms. The molecule has 0 saturated carbocycles. The zero-order valence-electron chi connectivity index (χ0n) is 19.1. The summed E-state index contributed by atoms with van der Waals surface area (Å²) in [5, 5.41) is 2.39. The monoisotopic (exact) mass is 465 g/mol. The van der Waals surface area contributed by atoms with Crippen molar-refractivity contribution in [3.63, 3.8) is 0 Å². The molecule has 0 unspecified atom stereocenters. The Morgan fingerprint density at radius 1 is 0.556 bits per heavy atom. The van der Waals surface area contributed by atoms with Crippen LogP contribution in [0.2, 0.25) is 0 Å². The molecular formula is C30H19N5O. The highest BCUT2D eigenvalue weighted by Crippen LogP contribution is 2.34. The summed E-state index contributed by atoms with van der Waals surface area (Å²) >= 11 is 0. The third-order valence-corrected chi connectivity index (χ3v) is 6.43. The van der Waals surface area contributed by atoms with Gasteiger partial charge in [-0.1, -0.05) is 97.1 Å².